The normalized spacial score (nSPS) is 24.1. The van der Waals surface area contributed by atoms with E-state index in [-0.39, 0.29) is 11.9 Å². The number of hydrogen-bond donors (Lipinski definition) is 2. The fraction of sp³-hybridized carbons (Fsp3) is 0.917. The molecule has 0 aromatic carbocycles. The first-order chi connectivity index (χ1) is 7.75. The molecule has 1 amide bonds. The molecule has 0 aromatic heterocycles. The van der Waals surface area contributed by atoms with Crippen LogP contribution in [0.4, 0.5) is 0 Å². The van der Waals surface area contributed by atoms with Gasteiger partial charge < -0.3 is 15.4 Å². The van der Waals surface area contributed by atoms with E-state index in [0.29, 0.717) is 18.5 Å². The maximum Gasteiger partial charge on any atom is 0.234 e. The average molecular weight is 226 g/mol. The van der Waals surface area contributed by atoms with Crippen molar-refractivity contribution >= 4 is 5.91 Å². The van der Waals surface area contributed by atoms with Crippen LogP contribution >= 0.6 is 0 Å². The number of nitrogens with one attached hydrogen (secondary N) is 2. The Bertz CT molecular complexity index is 235. The van der Waals surface area contributed by atoms with Crippen LogP contribution in [0.1, 0.15) is 32.6 Å². The molecule has 1 atom stereocenters. The Labute approximate surface area is 97.1 Å². The van der Waals surface area contributed by atoms with E-state index in [9.17, 15) is 4.79 Å². The van der Waals surface area contributed by atoms with Crippen molar-refractivity contribution in [1.82, 2.24) is 10.6 Å². The highest BCUT2D eigenvalue weighted by atomic mass is 16.5. The molecule has 2 aliphatic rings. The minimum atomic E-state index is 0.130. The standard InChI is InChI=1S/C12H22N2O2/c1-9(10-4-6-16-7-5-10)14-12(15)8-13-11-2-3-11/h9-11,13H,2-8H2,1H3,(H,14,15). The van der Waals surface area contributed by atoms with Crippen LogP contribution in [0.3, 0.4) is 0 Å². The maximum absolute atomic E-state index is 11.6. The van der Waals surface area contributed by atoms with Gasteiger partial charge in [0.1, 0.15) is 0 Å². The van der Waals surface area contributed by atoms with Gasteiger partial charge in [0.25, 0.3) is 0 Å². The lowest BCUT2D eigenvalue weighted by Gasteiger charge is -2.28. The Kier molecular flexibility index (Phi) is 4.18. The second-order valence-corrected chi connectivity index (χ2v) is 4.96. The quantitative estimate of drug-likeness (QED) is 0.724. The monoisotopic (exact) mass is 226 g/mol. The summed E-state index contributed by atoms with van der Waals surface area (Å²) in [6.07, 6.45) is 4.58. The van der Waals surface area contributed by atoms with Gasteiger partial charge in [-0.15, -0.1) is 0 Å². The molecular weight excluding hydrogens is 204 g/mol. The fourth-order valence-corrected chi connectivity index (χ4v) is 2.16. The SMILES string of the molecule is CC(NC(=O)CNC1CC1)C1CCOCC1. The van der Waals surface area contributed by atoms with Crippen molar-refractivity contribution in [3.05, 3.63) is 0 Å². The summed E-state index contributed by atoms with van der Waals surface area (Å²) in [6.45, 7) is 4.25. The number of rotatable bonds is 5. The van der Waals surface area contributed by atoms with Gasteiger partial charge in [0, 0.05) is 25.3 Å². The van der Waals surface area contributed by atoms with E-state index in [0.717, 1.165) is 26.1 Å². The molecule has 0 spiro atoms. The van der Waals surface area contributed by atoms with Gasteiger partial charge in [-0.2, -0.15) is 0 Å². The van der Waals surface area contributed by atoms with Crippen molar-refractivity contribution in [2.45, 2.75) is 44.7 Å². The van der Waals surface area contributed by atoms with Crippen LogP contribution < -0.4 is 10.6 Å². The van der Waals surface area contributed by atoms with Crippen molar-refractivity contribution in [3.63, 3.8) is 0 Å². The van der Waals surface area contributed by atoms with E-state index < -0.39 is 0 Å². The van der Waals surface area contributed by atoms with Gasteiger partial charge in [-0.3, -0.25) is 4.79 Å². The van der Waals surface area contributed by atoms with Crippen molar-refractivity contribution in [2.24, 2.45) is 5.92 Å². The highest BCUT2D eigenvalue weighted by Gasteiger charge is 2.24. The van der Waals surface area contributed by atoms with Gasteiger partial charge >= 0.3 is 0 Å². The van der Waals surface area contributed by atoms with E-state index in [4.69, 9.17) is 4.74 Å². The summed E-state index contributed by atoms with van der Waals surface area (Å²) >= 11 is 0. The van der Waals surface area contributed by atoms with E-state index in [1.54, 1.807) is 0 Å². The molecule has 2 fully saturated rings. The highest BCUT2D eigenvalue weighted by molar-refractivity contribution is 5.78. The lowest BCUT2D eigenvalue weighted by atomic mass is 9.93. The summed E-state index contributed by atoms with van der Waals surface area (Å²) in [6, 6.07) is 0.876. The number of hydrogen-bond acceptors (Lipinski definition) is 3. The first-order valence-electron chi connectivity index (χ1n) is 6.36. The minimum Gasteiger partial charge on any atom is -0.381 e. The van der Waals surface area contributed by atoms with Crippen LogP contribution in [-0.4, -0.2) is 37.7 Å². The zero-order chi connectivity index (χ0) is 11.4. The summed E-state index contributed by atoms with van der Waals surface area (Å²) in [7, 11) is 0. The van der Waals surface area contributed by atoms with E-state index in [1.165, 1.54) is 12.8 Å². The van der Waals surface area contributed by atoms with E-state index in [2.05, 4.69) is 17.6 Å². The van der Waals surface area contributed by atoms with E-state index >= 15 is 0 Å². The molecule has 4 heteroatoms. The van der Waals surface area contributed by atoms with Gasteiger partial charge in [0.05, 0.1) is 6.54 Å². The molecule has 0 aromatic rings. The molecular formula is C12H22N2O2. The van der Waals surface area contributed by atoms with Crippen molar-refractivity contribution in [3.8, 4) is 0 Å². The Morgan fingerprint density at radius 3 is 2.62 bits per heavy atom. The first-order valence-corrected chi connectivity index (χ1v) is 6.36. The third-order valence-corrected chi connectivity index (χ3v) is 3.49. The Balaban J connectivity index is 1.63. The topological polar surface area (TPSA) is 50.4 Å². The van der Waals surface area contributed by atoms with Gasteiger partial charge in [-0.1, -0.05) is 0 Å². The second-order valence-electron chi connectivity index (χ2n) is 4.96. The number of carbonyl (C=O) groups is 1. The van der Waals surface area contributed by atoms with Crippen LogP contribution in [-0.2, 0) is 9.53 Å². The van der Waals surface area contributed by atoms with Crippen molar-refractivity contribution < 1.29 is 9.53 Å². The zero-order valence-electron chi connectivity index (χ0n) is 10.00. The summed E-state index contributed by atoms with van der Waals surface area (Å²) < 4.78 is 5.32. The molecule has 92 valence electrons. The minimum absolute atomic E-state index is 0.130. The van der Waals surface area contributed by atoms with Crippen LogP contribution in [0, 0.1) is 5.92 Å². The summed E-state index contributed by atoms with van der Waals surface area (Å²) in [5, 5.41) is 6.30. The molecule has 4 nitrogen and oxygen atoms in total. The lowest BCUT2D eigenvalue weighted by molar-refractivity contribution is -0.121. The first kappa shape index (κ1) is 11.9. The third kappa shape index (κ3) is 3.76. The maximum atomic E-state index is 11.6. The molecule has 2 N–H and O–H groups in total. The molecule has 1 unspecified atom stereocenters. The molecule has 1 aliphatic heterocycles. The van der Waals surface area contributed by atoms with Crippen LogP contribution in [0.25, 0.3) is 0 Å². The van der Waals surface area contributed by atoms with Crippen LogP contribution in [0.2, 0.25) is 0 Å². The molecule has 1 aliphatic carbocycles. The third-order valence-electron chi connectivity index (χ3n) is 3.49. The molecule has 0 bridgehead atoms. The van der Waals surface area contributed by atoms with Gasteiger partial charge in [-0.25, -0.2) is 0 Å². The Morgan fingerprint density at radius 2 is 2.00 bits per heavy atom. The fourth-order valence-electron chi connectivity index (χ4n) is 2.16. The van der Waals surface area contributed by atoms with Crippen molar-refractivity contribution in [1.29, 1.82) is 0 Å². The van der Waals surface area contributed by atoms with E-state index in [1.807, 2.05) is 0 Å². The number of carbonyl (C=O) groups excluding carboxylic acids is 1. The number of amides is 1. The van der Waals surface area contributed by atoms with Gasteiger partial charge in [0.15, 0.2) is 0 Å². The smallest absolute Gasteiger partial charge is 0.234 e. The van der Waals surface area contributed by atoms with Crippen molar-refractivity contribution in [2.75, 3.05) is 19.8 Å². The van der Waals surface area contributed by atoms with Crippen LogP contribution in [0.5, 0.6) is 0 Å². The lowest BCUT2D eigenvalue weighted by Crippen LogP contribution is -2.44. The largest absolute Gasteiger partial charge is 0.381 e. The Hall–Kier alpha value is -0.610. The second kappa shape index (κ2) is 5.64. The summed E-state index contributed by atoms with van der Waals surface area (Å²) in [4.78, 5) is 11.6. The highest BCUT2D eigenvalue weighted by Crippen LogP contribution is 2.19. The molecule has 16 heavy (non-hydrogen) atoms. The molecule has 1 saturated heterocycles. The predicted octanol–water partition coefficient (Wildman–Crippen LogP) is 0.670. The summed E-state index contributed by atoms with van der Waals surface area (Å²) in [5.74, 6) is 0.713. The average Bonchev–Trinajstić information content (AvgIpc) is 3.11. The van der Waals surface area contributed by atoms with Gasteiger partial charge in [-0.05, 0) is 38.5 Å². The molecule has 2 rings (SSSR count). The number of ether oxygens (including phenoxy) is 1. The predicted molar refractivity (Wildman–Crippen MR) is 62.2 cm³/mol. The molecule has 1 heterocycles. The summed E-state index contributed by atoms with van der Waals surface area (Å²) in [5.41, 5.74) is 0. The Morgan fingerprint density at radius 1 is 1.31 bits per heavy atom. The van der Waals surface area contributed by atoms with Gasteiger partial charge in [0.2, 0.25) is 5.91 Å². The molecule has 1 saturated carbocycles. The zero-order valence-corrected chi connectivity index (χ0v) is 10.00. The van der Waals surface area contributed by atoms with Crippen LogP contribution in [0.15, 0.2) is 0 Å². The molecule has 0 radical (unpaired) electrons.